The van der Waals surface area contributed by atoms with E-state index >= 15 is 0 Å². The molecule has 34 heavy (non-hydrogen) atoms. The van der Waals surface area contributed by atoms with Gasteiger partial charge >= 0.3 is 0 Å². The molecule has 0 saturated carbocycles. The van der Waals surface area contributed by atoms with Crippen LogP contribution in [0.5, 0.6) is 0 Å². The van der Waals surface area contributed by atoms with E-state index in [1.807, 2.05) is 30.3 Å². The molecule has 2 N–H and O–H groups in total. The van der Waals surface area contributed by atoms with Crippen molar-refractivity contribution >= 4 is 51.7 Å². The average molecular weight is 495 g/mol. The van der Waals surface area contributed by atoms with E-state index in [1.54, 1.807) is 6.92 Å². The maximum atomic E-state index is 12.5. The summed E-state index contributed by atoms with van der Waals surface area (Å²) in [4.78, 5) is 32.7. The number of nitrogens with two attached hydrogens (primary N) is 1. The number of rotatable bonds is 5. The molecule has 0 radical (unpaired) electrons. The summed E-state index contributed by atoms with van der Waals surface area (Å²) in [5.74, 6) is -0.437. The van der Waals surface area contributed by atoms with Crippen LogP contribution in [0, 0.1) is 0 Å². The van der Waals surface area contributed by atoms with E-state index in [-0.39, 0.29) is 5.78 Å². The lowest BCUT2D eigenvalue weighted by atomic mass is 10.1. The van der Waals surface area contributed by atoms with Gasteiger partial charge < -0.3 is 20.4 Å². The number of ketones is 1. The highest BCUT2D eigenvalue weighted by atomic mass is 35.5. The first kappa shape index (κ1) is 22.9. The minimum Gasteiger partial charge on any atom is -0.368 e. The largest absolute Gasteiger partial charge is 0.368 e. The maximum absolute atomic E-state index is 12.5. The lowest BCUT2D eigenvalue weighted by Gasteiger charge is -2.35. The van der Waals surface area contributed by atoms with Gasteiger partial charge in [0.15, 0.2) is 5.78 Å². The zero-order chi connectivity index (χ0) is 24.0. The van der Waals surface area contributed by atoms with Crippen LogP contribution in [0.4, 0.5) is 17.1 Å². The molecular formula is C26H27ClN4O2S. The second-order valence-corrected chi connectivity index (χ2v) is 10.4. The number of carbonyl (C=O) groups excluding carboxylic acids is 2. The minimum absolute atomic E-state index is 0.0338. The number of primary amides is 1. The summed E-state index contributed by atoms with van der Waals surface area (Å²) in [7, 11) is 2.13. The summed E-state index contributed by atoms with van der Waals surface area (Å²) in [6.45, 7) is 6.17. The molecule has 0 unspecified atom stereocenters. The van der Waals surface area contributed by atoms with Crippen molar-refractivity contribution in [1.82, 2.24) is 4.90 Å². The third-order valence-electron chi connectivity index (χ3n) is 6.68. The van der Waals surface area contributed by atoms with Gasteiger partial charge in [-0.3, -0.25) is 9.59 Å². The Balaban J connectivity index is 1.52. The molecule has 0 bridgehead atoms. The molecule has 2 aromatic carbocycles. The SMILES string of the molecule is CC(=O)c1ccc(-c2ccc(N3CCc4cc(Cl)c(N5CCN(C)CC5)cc43)c(C(N)=O)c2)s1. The standard InChI is InChI=1S/C26H27ClN4O2S/c1-16(32)24-5-6-25(34-24)18-3-4-21(19(13-18)26(28)33)31-8-7-17-14-20(27)23(15-22(17)31)30-11-9-29(2)10-12-30/h3-6,13-15H,7-12H2,1-2H3,(H2,28,33). The predicted molar refractivity (Wildman–Crippen MR) is 140 cm³/mol. The lowest BCUT2D eigenvalue weighted by Crippen LogP contribution is -2.44. The normalized spacial score (nSPS) is 16.1. The van der Waals surface area contributed by atoms with Crippen LogP contribution in [0.15, 0.2) is 42.5 Å². The summed E-state index contributed by atoms with van der Waals surface area (Å²) >= 11 is 8.12. The van der Waals surface area contributed by atoms with Gasteiger partial charge in [0.1, 0.15) is 0 Å². The topological polar surface area (TPSA) is 69.9 Å². The number of carbonyl (C=O) groups is 2. The molecule has 5 rings (SSSR count). The number of anilines is 3. The summed E-state index contributed by atoms with van der Waals surface area (Å²) in [6.07, 6.45) is 0.852. The van der Waals surface area contributed by atoms with Crippen LogP contribution in [0.2, 0.25) is 5.02 Å². The van der Waals surface area contributed by atoms with E-state index in [4.69, 9.17) is 17.3 Å². The summed E-state index contributed by atoms with van der Waals surface area (Å²) < 4.78 is 0. The molecule has 6 nitrogen and oxygen atoms in total. The van der Waals surface area contributed by atoms with Crippen LogP contribution < -0.4 is 15.5 Å². The Hall–Kier alpha value is -2.87. The van der Waals surface area contributed by atoms with Gasteiger partial charge in [-0.05, 0) is 67.9 Å². The molecule has 8 heteroatoms. The van der Waals surface area contributed by atoms with Gasteiger partial charge in [0, 0.05) is 43.3 Å². The number of amides is 1. The van der Waals surface area contributed by atoms with E-state index in [1.165, 1.54) is 16.9 Å². The van der Waals surface area contributed by atoms with Crippen molar-refractivity contribution in [2.24, 2.45) is 5.73 Å². The van der Waals surface area contributed by atoms with Gasteiger partial charge in [-0.15, -0.1) is 11.3 Å². The number of thiophene rings is 1. The number of Topliss-reactive ketones (excluding diaryl/α,β-unsaturated/α-hetero) is 1. The van der Waals surface area contributed by atoms with Gasteiger partial charge in [0.25, 0.3) is 5.91 Å². The van der Waals surface area contributed by atoms with Crippen LogP contribution in [-0.4, -0.2) is 56.4 Å². The highest BCUT2D eigenvalue weighted by Crippen LogP contribution is 2.43. The molecule has 0 aliphatic carbocycles. The molecule has 0 spiro atoms. The molecule has 2 aliphatic heterocycles. The minimum atomic E-state index is -0.470. The maximum Gasteiger partial charge on any atom is 0.250 e. The number of fused-ring (bicyclic) bond motifs is 1. The first-order valence-electron chi connectivity index (χ1n) is 11.4. The first-order chi connectivity index (χ1) is 16.3. The molecule has 3 aromatic rings. The van der Waals surface area contributed by atoms with Crippen molar-refractivity contribution < 1.29 is 9.59 Å². The smallest absolute Gasteiger partial charge is 0.250 e. The number of nitrogens with zero attached hydrogens (tertiary/aromatic N) is 3. The number of benzene rings is 2. The number of likely N-dealkylation sites (N-methyl/N-ethyl adjacent to an activating group) is 1. The van der Waals surface area contributed by atoms with Crippen LogP contribution in [0.25, 0.3) is 10.4 Å². The Kier molecular flexibility index (Phi) is 6.10. The van der Waals surface area contributed by atoms with Crippen molar-refractivity contribution in [3.8, 4) is 10.4 Å². The van der Waals surface area contributed by atoms with Crippen molar-refractivity contribution in [2.45, 2.75) is 13.3 Å². The fourth-order valence-electron chi connectivity index (χ4n) is 4.74. The molecule has 176 valence electrons. The second kappa shape index (κ2) is 9.06. The third kappa shape index (κ3) is 4.19. The summed E-state index contributed by atoms with van der Waals surface area (Å²) in [6, 6.07) is 13.7. The van der Waals surface area contributed by atoms with E-state index < -0.39 is 5.91 Å². The van der Waals surface area contributed by atoms with Crippen LogP contribution in [0.1, 0.15) is 32.5 Å². The van der Waals surface area contributed by atoms with E-state index in [9.17, 15) is 9.59 Å². The van der Waals surface area contributed by atoms with Crippen molar-refractivity contribution in [3.05, 3.63) is 63.5 Å². The highest BCUT2D eigenvalue weighted by Gasteiger charge is 2.27. The van der Waals surface area contributed by atoms with Crippen LogP contribution in [0.3, 0.4) is 0 Å². The molecule has 2 aliphatic rings. The molecule has 1 aromatic heterocycles. The Morgan fingerprint density at radius 1 is 0.941 bits per heavy atom. The Morgan fingerprint density at radius 2 is 1.71 bits per heavy atom. The summed E-state index contributed by atoms with van der Waals surface area (Å²) in [5, 5.41) is 0.773. The quantitative estimate of drug-likeness (QED) is 0.515. The van der Waals surface area contributed by atoms with Crippen molar-refractivity contribution in [2.75, 3.05) is 49.6 Å². The zero-order valence-corrected chi connectivity index (χ0v) is 20.9. The van der Waals surface area contributed by atoms with Gasteiger partial charge in [0.05, 0.1) is 26.8 Å². The molecule has 1 amide bonds. The number of piperazine rings is 1. The van der Waals surface area contributed by atoms with E-state index in [0.717, 1.165) is 71.7 Å². The van der Waals surface area contributed by atoms with Crippen molar-refractivity contribution in [1.29, 1.82) is 0 Å². The summed E-state index contributed by atoms with van der Waals surface area (Å²) in [5.41, 5.74) is 11.3. The Bertz CT molecular complexity index is 1280. The van der Waals surface area contributed by atoms with Gasteiger partial charge in [-0.2, -0.15) is 0 Å². The van der Waals surface area contributed by atoms with Crippen LogP contribution in [-0.2, 0) is 6.42 Å². The van der Waals surface area contributed by atoms with Gasteiger partial charge in [-0.1, -0.05) is 17.7 Å². The van der Waals surface area contributed by atoms with Gasteiger partial charge in [0.2, 0.25) is 0 Å². The molecule has 3 heterocycles. The second-order valence-electron chi connectivity index (χ2n) is 8.94. The molecule has 1 saturated heterocycles. The number of hydrogen-bond acceptors (Lipinski definition) is 6. The predicted octanol–water partition coefficient (Wildman–Crippen LogP) is 4.82. The number of hydrogen-bond donors (Lipinski definition) is 1. The first-order valence-corrected chi connectivity index (χ1v) is 12.6. The lowest BCUT2D eigenvalue weighted by molar-refractivity contribution is 0.0997. The van der Waals surface area contributed by atoms with E-state index in [0.29, 0.717) is 10.4 Å². The average Bonchev–Trinajstić information content (AvgIpc) is 3.46. The number of halogens is 1. The fraction of sp³-hybridized carbons (Fsp3) is 0.308. The van der Waals surface area contributed by atoms with E-state index in [2.05, 4.69) is 33.9 Å². The van der Waals surface area contributed by atoms with Crippen LogP contribution >= 0.6 is 22.9 Å². The fourth-order valence-corrected chi connectivity index (χ4v) is 5.94. The Labute approximate surface area is 208 Å². The monoisotopic (exact) mass is 494 g/mol. The molecule has 0 atom stereocenters. The van der Waals surface area contributed by atoms with Crippen molar-refractivity contribution in [3.63, 3.8) is 0 Å². The zero-order valence-electron chi connectivity index (χ0n) is 19.3. The molecular weight excluding hydrogens is 468 g/mol. The van der Waals surface area contributed by atoms with Gasteiger partial charge in [-0.25, -0.2) is 0 Å². The highest BCUT2D eigenvalue weighted by molar-refractivity contribution is 7.17. The Morgan fingerprint density at radius 3 is 2.38 bits per heavy atom. The molecule has 1 fully saturated rings. The third-order valence-corrected chi connectivity index (χ3v) is 8.22.